The van der Waals surface area contributed by atoms with Crippen LogP contribution in [0.4, 0.5) is 10.8 Å². The normalized spacial score (nSPS) is 10.5. The van der Waals surface area contributed by atoms with Crippen LogP contribution in [-0.4, -0.2) is 22.2 Å². The van der Waals surface area contributed by atoms with Gasteiger partial charge in [0.25, 0.3) is 5.69 Å². The Morgan fingerprint density at radius 1 is 1.50 bits per heavy atom. The minimum Gasteiger partial charge on any atom is -0.362 e. The van der Waals surface area contributed by atoms with Crippen molar-refractivity contribution in [3.05, 3.63) is 50.0 Å². The third-order valence-corrected chi connectivity index (χ3v) is 4.21. The molecule has 1 aromatic heterocycles. The lowest BCUT2D eigenvalue weighted by Gasteiger charge is -2.00. The molecule has 0 bridgehead atoms. The zero-order valence-electron chi connectivity index (χ0n) is 11.8. The molecule has 0 atom stereocenters. The molecule has 0 aliphatic heterocycles. The first-order chi connectivity index (χ1) is 10.5. The first-order valence-corrected chi connectivity index (χ1v) is 7.90. The van der Waals surface area contributed by atoms with E-state index in [0.29, 0.717) is 10.0 Å². The summed E-state index contributed by atoms with van der Waals surface area (Å²) in [5, 5.41) is 14.7. The summed E-state index contributed by atoms with van der Waals surface area (Å²) in [6, 6.07) is 4.02. The third-order valence-electron chi connectivity index (χ3n) is 2.94. The number of nitrogens with one attached hydrogen (secondary N) is 1. The monoisotopic (exact) mass is 339 g/mol. The van der Waals surface area contributed by atoms with Gasteiger partial charge in [0.05, 0.1) is 16.0 Å². The lowest BCUT2D eigenvalue weighted by Crippen LogP contribution is -2.00. The number of carbonyl (C=O) groups excluding carboxylic acids is 1. The second-order valence-corrected chi connectivity index (χ2v) is 6.00. The second-order valence-electron chi connectivity index (χ2n) is 4.56. The van der Waals surface area contributed by atoms with E-state index >= 15 is 0 Å². The van der Waals surface area contributed by atoms with Gasteiger partial charge in [-0.25, -0.2) is 4.98 Å². The van der Waals surface area contributed by atoms with E-state index in [4.69, 9.17) is 11.6 Å². The van der Waals surface area contributed by atoms with Gasteiger partial charge in [-0.2, -0.15) is 0 Å². The number of benzene rings is 1. The highest BCUT2D eigenvalue weighted by Crippen LogP contribution is 2.28. The van der Waals surface area contributed by atoms with Crippen molar-refractivity contribution in [1.82, 2.24) is 4.98 Å². The molecule has 0 amide bonds. The molecule has 2 rings (SSSR count). The first kappa shape index (κ1) is 16.4. The van der Waals surface area contributed by atoms with E-state index in [9.17, 15) is 14.9 Å². The van der Waals surface area contributed by atoms with E-state index in [-0.39, 0.29) is 22.1 Å². The molecule has 0 saturated heterocycles. The van der Waals surface area contributed by atoms with Crippen molar-refractivity contribution in [1.29, 1.82) is 0 Å². The molecule has 1 heterocycles. The fourth-order valence-electron chi connectivity index (χ4n) is 1.77. The minimum atomic E-state index is -0.608. The SMILES string of the molecule is CCCCNc1ncc(C(=O)c2ccc(Cl)c([N+](=O)[O-])c2)s1. The number of ketones is 1. The smallest absolute Gasteiger partial charge is 0.288 e. The van der Waals surface area contributed by atoms with Crippen molar-refractivity contribution in [3.63, 3.8) is 0 Å². The van der Waals surface area contributed by atoms with E-state index in [2.05, 4.69) is 17.2 Å². The highest BCUT2D eigenvalue weighted by Gasteiger charge is 2.19. The molecule has 0 radical (unpaired) electrons. The highest BCUT2D eigenvalue weighted by molar-refractivity contribution is 7.17. The van der Waals surface area contributed by atoms with Crippen LogP contribution in [0.1, 0.15) is 35.0 Å². The second kappa shape index (κ2) is 7.33. The number of nitro groups is 1. The van der Waals surface area contributed by atoms with Crippen molar-refractivity contribution in [2.45, 2.75) is 19.8 Å². The summed E-state index contributed by atoms with van der Waals surface area (Å²) in [5.74, 6) is -0.305. The standard InChI is InChI=1S/C14H14ClN3O3S/c1-2-3-6-16-14-17-8-12(22-14)13(19)9-4-5-10(15)11(7-9)18(20)21/h4-5,7-8H,2-3,6H2,1H3,(H,16,17). The Labute approximate surface area is 136 Å². The summed E-state index contributed by atoms with van der Waals surface area (Å²) in [4.78, 5) is 27.2. The molecule has 8 heteroatoms. The van der Waals surface area contributed by atoms with Gasteiger partial charge in [-0.1, -0.05) is 36.3 Å². The van der Waals surface area contributed by atoms with Crippen LogP contribution >= 0.6 is 22.9 Å². The molecule has 1 N–H and O–H groups in total. The molecular formula is C14H14ClN3O3S. The van der Waals surface area contributed by atoms with Gasteiger partial charge in [-0.3, -0.25) is 14.9 Å². The molecule has 0 unspecified atom stereocenters. The van der Waals surface area contributed by atoms with Crippen LogP contribution in [0.15, 0.2) is 24.4 Å². The molecule has 0 aliphatic carbocycles. The van der Waals surface area contributed by atoms with E-state index in [1.54, 1.807) is 0 Å². The van der Waals surface area contributed by atoms with E-state index in [0.717, 1.165) is 19.4 Å². The van der Waals surface area contributed by atoms with E-state index < -0.39 is 4.92 Å². The molecular weight excluding hydrogens is 326 g/mol. The molecule has 2 aromatic rings. The Bertz CT molecular complexity index is 702. The molecule has 116 valence electrons. The predicted molar refractivity (Wildman–Crippen MR) is 87.1 cm³/mol. The van der Waals surface area contributed by atoms with Crippen LogP contribution in [0.25, 0.3) is 0 Å². The average molecular weight is 340 g/mol. The van der Waals surface area contributed by atoms with Gasteiger partial charge in [-0.05, 0) is 18.6 Å². The molecule has 0 spiro atoms. The summed E-state index contributed by atoms with van der Waals surface area (Å²) < 4.78 is 0. The minimum absolute atomic E-state index is 0.00720. The summed E-state index contributed by atoms with van der Waals surface area (Å²) in [6.45, 7) is 2.88. The Balaban J connectivity index is 2.18. The largest absolute Gasteiger partial charge is 0.362 e. The van der Waals surface area contributed by atoms with Gasteiger partial charge in [-0.15, -0.1) is 0 Å². The maximum absolute atomic E-state index is 12.4. The van der Waals surface area contributed by atoms with Gasteiger partial charge < -0.3 is 5.32 Å². The highest BCUT2D eigenvalue weighted by atomic mass is 35.5. The number of rotatable bonds is 7. The number of unbranched alkanes of at least 4 members (excludes halogenated alkanes) is 1. The van der Waals surface area contributed by atoms with Crippen LogP contribution in [0.3, 0.4) is 0 Å². The number of thiazole rings is 1. The van der Waals surface area contributed by atoms with Crippen LogP contribution in [0.5, 0.6) is 0 Å². The van der Waals surface area contributed by atoms with Crippen LogP contribution in [-0.2, 0) is 0 Å². The maximum atomic E-state index is 12.4. The Kier molecular flexibility index (Phi) is 5.46. The number of nitrogens with zero attached hydrogens (tertiary/aromatic N) is 2. The number of halogens is 1. The molecule has 22 heavy (non-hydrogen) atoms. The Morgan fingerprint density at radius 2 is 2.27 bits per heavy atom. The number of hydrogen-bond acceptors (Lipinski definition) is 6. The quantitative estimate of drug-likeness (QED) is 0.354. The maximum Gasteiger partial charge on any atom is 0.288 e. The summed E-state index contributed by atoms with van der Waals surface area (Å²) in [6.07, 6.45) is 3.56. The van der Waals surface area contributed by atoms with Crippen LogP contribution in [0, 0.1) is 10.1 Å². The zero-order chi connectivity index (χ0) is 16.1. The fraction of sp³-hybridized carbons (Fsp3) is 0.286. The summed E-state index contributed by atoms with van der Waals surface area (Å²) in [7, 11) is 0. The molecule has 1 aromatic carbocycles. The Morgan fingerprint density at radius 3 is 2.95 bits per heavy atom. The third kappa shape index (κ3) is 3.80. The van der Waals surface area contributed by atoms with Gasteiger partial charge in [0.15, 0.2) is 5.13 Å². The molecule has 0 aliphatic rings. The van der Waals surface area contributed by atoms with E-state index in [1.165, 1.54) is 35.7 Å². The lowest BCUT2D eigenvalue weighted by molar-refractivity contribution is -0.384. The number of aromatic nitrogens is 1. The van der Waals surface area contributed by atoms with Crippen molar-refractivity contribution < 1.29 is 9.72 Å². The van der Waals surface area contributed by atoms with Crippen molar-refractivity contribution in [2.75, 3.05) is 11.9 Å². The lowest BCUT2D eigenvalue weighted by atomic mass is 10.1. The zero-order valence-corrected chi connectivity index (χ0v) is 13.4. The number of carbonyl (C=O) groups is 1. The van der Waals surface area contributed by atoms with Crippen LogP contribution < -0.4 is 5.32 Å². The number of nitro benzene ring substituents is 1. The van der Waals surface area contributed by atoms with Crippen molar-refractivity contribution in [3.8, 4) is 0 Å². The summed E-state index contributed by atoms with van der Waals surface area (Å²) in [5.41, 5.74) is -0.0572. The van der Waals surface area contributed by atoms with Gasteiger partial charge in [0, 0.05) is 18.2 Å². The first-order valence-electron chi connectivity index (χ1n) is 6.71. The van der Waals surface area contributed by atoms with Gasteiger partial charge >= 0.3 is 0 Å². The van der Waals surface area contributed by atoms with Crippen LogP contribution in [0.2, 0.25) is 5.02 Å². The summed E-state index contributed by atoms with van der Waals surface area (Å²) >= 11 is 6.97. The molecule has 0 fully saturated rings. The van der Waals surface area contributed by atoms with E-state index in [1.807, 2.05) is 0 Å². The van der Waals surface area contributed by atoms with Gasteiger partial charge in [0.2, 0.25) is 5.78 Å². The number of anilines is 1. The fourth-order valence-corrected chi connectivity index (χ4v) is 2.76. The van der Waals surface area contributed by atoms with Gasteiger partial charge in [0.1, 0.15) is 5.02 Å². The molecule has 0 saturated carbocycles. The van der Waals surface area contributed by atoms with Crippen molar-refractivity contribution >= 4 is 39.5 Å². The molecule has 6 nitrogen and oxygen atoms in total. The number of hydrogen-bond donors (Lipinski definition) is 1. The van der Waals surface area contributed by atoms with Crippen molar-refractivity contribution in [2.24, 2.45) is 0 Å². The average Bonchev–Trinajstić information content (AvgIpc) is 2.96. The predicted octanol–water partition coefficient (Wildman–Crippen LogP) is 4.15. The Hall–Kier alpha value is -1.99. The topological polar surface area (TPSA) is 85.1 Å².